The Morgan fingerprint density at radius 1 is 0.351 bits per heavy atom. The molecule has 0 aliphatic heterocycles. The molecule has 0 saturated heterocycles. The molecule has 0 aromatic heterocycles. The molecule has 0 rings (SSSR count). The third-order valence-corrected chi connectivity index (χ3v) is 10.0. The molecular weight excluding hydrogens is 709 g/mol. The fraction of sp³-hybridized carbons (Fsp3) is 0.745. The van der Waals surface area contributed by atoms with Crippen LogP contribution in [0, 0.1) is 0 Å². The van der Waals surface area contributed by atoms with Gasteiger partial charge in [0.1, 0.15) is 13.2 Å². The fourth-order valence-corrected chi connectivity index (χ4v) is 6.34. The Kier molecular flexibility index (Phi) is 43.5. The Morgan fingerprint density at radius 2 is 0.649 bits per heavy atom. The predicted octanol–water partition coefficient (Wildman–Crippen LogP) is 15.3. The highest BCUT2D eigenvalue weighted by molar-refractivity contribution is 5.71. The maximum Gasteiger partial charge on any atom is 0.306 e. The Labute approximate surface area is 351 Å². The number of hydrogen-bond donors (Lipinski definition) is 0. The van der Waals surface area contributed by atoms with Crippen molar-refractivity contribution >= 4 is 17.9 Å². The molecule has 328 valence electrons. The lowest BCUT2D eigenvalue weighted by Gasteiger charge is -2.18. The van der Waals surface area contributed by atoms with Gasteiger partial charge in [0.05, 0.1) is 0 Å². The zero-order chi connectivity index (χ0) is 41.5. The Morgan fingerprint density at radius 3 is 1.09 bits per heavy atom. The van der Waals surface area contributed by atoms with Crippen LogP contribution in [0.2, 0.25) is 0 Å². The van der Waals surface area contributed by atoms with E-state index in [2.05, 4.69) is 81.5 Å². The van der Waals surface area contributed by atoms with E-state index < -0.39 is 6.10 Å². The van der Waals surface area contributed by atoms with Crippen molar-refractivity contribution in [3.8, 4) is 0 Å². The average Bonchev–Trinajstić information content (AvgIpc) is 3.21. The molecule has 1 atom stereocenters. The first-order valence-corrected chi connectivity index (χ1v) is 23.8. The van der Waals surface area contributed by atoms with Gasteiger partial charge in [0.25, 0.3) is 0 Å². The van der Waals surface area contributed by atoms with Crippen molar-refractivity contribution in [1.82, 2.24) is 0 Å². The molecule has 0 spiro atoms. The molecule has 0 radical (unpaired) electrons. The van der Waals surface area contributed by atoms with Gasteiger partial charge in [0.15, 0.2) is 6.10 Å². The summed E-state index contributed by atoms with van der Waals surface area (Å²) in [5.41, 5.74) is 0. The van der Waals surface area contributed by atoms with Crippen LogP contribution in [0.3, 0.4) is 0 Å². The van der Waals surface area contributed by atoms with Crippen molar-refractivity contribution in [2.24, 2.45) is 0 Å². The molecule has 1 unspecified atom stereocenters. The van der Waals surface area contributed by atoms with E-state index in [1.54, 1.807) is 0 Å². The first-order valence-electron chi connectivity index (χ1n) is 23.8. The van der Waals surface area contributed by atoms with Gasteiger partial charge < -0.3 is 14.2 Å². The van der Waals surface area contributed by atoms with Crippen molar-refractivity contribution < 1.29 is 28.6 Å². The maximum absolute atomic E-state index is 12.7. The summed E-state index contributed by atoms with van der Waals surface area (Å²) in [5.74, 6) is -0.953. The highest BCUT2D eigenvalue weighted by Gasteiger charge is 2.19. The number of rotatable bonds is 42. The van der Waals surface area contributed by atoms with E-state index in [0.717, 1.165) is 89.9 Å². The molecule has 0 amide bonds. The monoisotopic (exact) mass is 797 g/mol. The molecule has 0 bridgehead atoms. The van der Waals surface area contributed by atoms with Gasteiger partial charge in [-0.05, 0) is 89.9 Å². The zero-order valence-corrected chi connectivity index (χ0v) is 37.3. The summed E-state index contributed by atoms with van der Waals surface area (Å²) in [4.78, 5) is 37.8. The Bertz CT molecular complexity index is 1050. The molecule has 57 heavy (non-hydrogen) atoms. The Hall–Kier alpha value is -2.89. The van der Waals surface area contributed by atoms with Gasteiger partial charge in [-0.25, -0.2) is 0 Å². The predicted molar refractivity (Wildman–Crippen MR) is 242 cm³/mol. The van der Waals surface area contributed by atoms with Crippen LogP contribution in [0.25, 0.3) is 0 Å². The summed E-state index contributed by atoms with van der Waals surface area (Å²) < 4.78 is 16.7. The summed E-state index contributed by atoms with van der Waals surface area (Å²) in [6, 6.07) is 0. The molecule has 0 aromatic carbocycles. The SMILES string of the molecule is CCCC/C=C\C=C/CCCCCC(=O)OCC(COC(=O)CCCCCCCC/C=C\C=C/CCCCC)OC(=O)CCCCC/C=C\CCCCCCCC. The van der Waals surface area contributed by atoms with Crippen LogP contribution in [0.5, 0.6) is 0 Å². The molecule has 0 N–H and O–H groups in total. The highest BCUT2D eigenvalue weighted by atomic mass is 16.6. The second-order valence-corrected chi connectivity index (χ2v) is 15.7. The quantitative estimate of drug-likeness (QED) is 0.0201. The van der Waals surface area contributed by atoms with E-state index in [9.17, 15) is 14.4 Å². The van der Waals surface area contributed by atoms with Crippen LogP contribution >= 0.6 is 0 Å². The number of unbranched alkanes of at least 4 members (excludes halogenated alkanes) is 23. The normalized spacial score (nSPS) is 12.5. The van der Waals surface area contributed by atoms with E-state index in [0.29, 0.717) is 19.3 Å². The molecule has 6 heteroatoms. The van der Waals surface area contributed by atoms with Crippen molar-refractivity contribution in [3.63, 3.8) is 0 Å². The second-order valence-electron chi connectivity index (χ2n) is 15.7. The van der Waals surface area contributed by atoms with E-state index in [4.69, 9.17) is 14.2 Å². The van der Waals surface area contributed by atoms with Gasteiger partial charge in [0.2, 0.25) is 0 Å². The fourth-order valence-electron chi connectivity index (χ4n) is 6.34. The number of allylic oxidation sites excluding steroid dienone is 10. The summed E-state index contributed by atoms with van der Waals surface area (Å²) in [6.07, 6.45) is 54.8. The van der Waals surface area contributed by atoms with E-state index in [-0.39, 0.29) is 31.1 Å². The van der Waals surface area contributed by atoms with E-state index in [1.807, 2.05) is 0 Å². The molecule has 0 saturated carbocycles. The Balaban J connectivity index is 4.45. The molecular formula is C51H88O6. The molecule has 0 fully saturated rings. The number of ether oxygens (including phenoxy) is 3. The zero-order valence-electron chi connectivity index (χ0n) is 37.3. The van der Waals surface area contributed by atoms with E-state index >= 15 is 0 Å². The smallest absolute Gasteiger partial charge is 0.306 e. The van der Waals surface area contributed by atoms with Gasteiger partial charge in [-0.2, -0.15) is 0 Å². The number of esters is 3. The van der Waals surface area contributed by atoms with Crippen LogP contribution in [-0.4, -0.2) is 37.2 Å². The van der Waals surface area contributed by atoms with Crippen molar-refractivity contribution in [3.05, 3.63) is 60.8 Å². The summed E-state index contributed by atoms with van der Waals surface area (Å²) in [5, 5.41) is 0. The minimum absolute atomic E-state index is 0.0953. The van der Waals surface area contributed by atoms with Crippen molar-refractivity contribution in [1.29, 1.82) is 0 Å². The minimum Gasteiger partial charge on any atom is -0.462 e. The molecule has 0 aromatic rings. The summed E-state index contributed by atoms with van der Waals surface area (Å²) in [7, 11) is 0. The number of carbonyl (C=O) groups is 3. The van der Waals surface area contributed by atoms with Crippen LogP contribution < -0.4 is 0 Å². The van der Waals surface area contributed by atoms with Crippen LogP contribution in [0.15, 0.2) is 60.8 Å². The largest absolute Gasteiger partial charge is 0.462 e. The lowest BCUT2D eigenvalue weighted by atomic mass is 10.1. The first kappa shape index (κ1) is 54.1. The number of hydrogen-bond acceptors (Lipinski definition) is 6. The standard InChI is InChI=1S/C51H88O6/c1-4-7-10-13-16-19-22-24-25-27-29-32-35-38-41-44-50(53)56-47-48(46-55-49(52)43-40-37-34-31-28-21-18-15-12-9-6-3)57-51(54)45-42-39-36-33-30-26-23-20-17-14-11-8-5-2/h15-16,18-19,21-22,24,26,28,30,48H,4-14,17,20,23,25,27,29,31-47H2,1-3H3/b18-15-,19-16-,24-22-,28-21-,30-26-. The highest BCUT2D eigenvalue weighted by Crippen LogP contribution is 2.13. The summed E-state index contributed by atoms with van der Waals surface area (Å²) >= 11 is 0. The minimum atomic E-state index is -0.795. The van der Waals surface area contributed by atoms with Crippen LogP contribution in [0.1, 0.15) is 226 Å². The second kappa shape index (κ2) is 45.8. The van der Waals surface area contributed by atoms with Gasteiger partial charge in [-0.1, -0.05) is 178 Å². The van der Waals surface area contributed by atoms with Crippen molar-refractivity contribution in [2.45, 2.75) is 232 Å². The first-order chi connectivity index (χ1) is 28.0. The lowest BCUT2D eigenvalue weighted by molar-refractivity contribution is -0.167. The maximum atomic E-state index is 12.7. The van der Waals surface area contributed by atoms with Crippen LogP contribution in [0.4, 0.5) is 0 Å². The average molecular weight is 797 g/mol. The van der Waals surface area contributed by atoms with Crippen molar-refractivity contribution in [2.75, 3.05) is 13.2 Å². The lowest BCUT2D eigenvalue weighted by Crippen LogP contribution is -2.30. The molecule has 6 nitrogen and oxygen atoms in total. The van der Waals surface area contributed by atoms with Gasteiger partial charge >= 0.3 is 17.9 Å². The van der Waals surface area contributed by atoms with Crippen LogP contribution in [-0.2, 0) is 28.6 Å². The summed E-state index contributed by atoms with van der Waals surface area (Å²) in [6.45, 7) is 6.49. The van der Waals surface area contributed by atoms with Gasteiger partial charge in [-0.15, -0.1) is 0 Å². The van der Waals surface area contributed by atoms with Gasteiger partial charge in [-0.3, -0.25) is 14.4 Å². The molecule has 0 aliphatic carbocycles. The van der Waals surface area contributed by atoms with E-state index in [1.165, 1.54) is 96.3 Å². The number of carbonyl (C=O) groups excluding carboxylic acids is 3. The third-order valence-electron chi connectivity index (χ3n) is 10.0. The molecule has 0 aliphatic rings. The molecule has 0 heterocycles. The third kappa shape index (κ3) is 44.1. The van der Waals surface area contributed by atoms with Gasteiger partial charge in [0, 0.05) is 19.3 Å². The topological polar surface area (TPSA) is 78.9 Å².